The molecule has 0 aliphatic carbocycles. The van der Waals surface area contributed by atoms with Crippen LogP contribution in [0, 0.1) is 4.91 Å². The molecule has 1 fully saturated rings. The highest BCUT2D eigenvalue weighted by molar-refractivity contribution is 5.82. The van der Waals surface area contributed by atoms with Crippen LogP contribution >= 0.6 is 0 Å². The molecule has 2 aliphatic rings. The topological polar surface area (TPSA) is 61.8 Å². The van der Waals surface area contributed by atoms with Gasteiger partial charge in [0.15, 0.2) is 0 Å². The zero-order valence-electron chi connectivity index (χ0n) is 17.3. The van der Waals surface area contributed by atoms with E-state index in [9.17, 15) is 22.9 Å². The predicted octanol–water partition coefficient (Wildman–Crippen LogP) is 5.37. The summed E-state index contributed by atoms with van der Waals surface area (Å²) < 4.78 is 38.3. The molecule has 0 aromatic heterocycles. The fourth-order valence-corrected chi connectivity index (χ4v) is 4.83. The Kier molecular flexibility index (Phi) is 5.49. The minimum atomic E-state index is -4.89. The van der Waals surface area contributed by atoms with E-state index in [0.29, 0.717) is 19.4 Å². The van der Waals surface area contributed by atoms with E-state index in [1.165, 1.54) is 0 Å². The van der Waals surface area contributed by atoms with Crippen molar-refractivity contribution in [2.24, 2.45) is 5.18 Å². The lowest BCUT2D eigenvalue weighted by Gasteiger charge is -2.41. The molecular formula is C23H24F3N3O2. The second kappa shape index (κ2) is 7.98. The van der Waals surface area contributed by atoms with E-state index in [0.717, 1.165) is 27.9 Å². The first-order valence-corrected chi connectivity index (χ1v) is 10.4. The maximum atomic E-state index is 12.8. The molecule has 0 saturated carbocycles. The number of piperidine rings is 1. The highest BCUT2D eigenvalue weighted by atomic mass is 19.4. The van der Waals surface area contributed by atoms with E-state index < -0.39 is 24.2 Å². The van der Waals surface area contributed by atoms with Gasteiger partial charge >= 0.3 is 12.1 Å². The standard InChI is InChI=1S/C23H24F3N3O2/c1-13-17-5-3-4-6-18(17)21-12-16(27-22(30)23(24,25)26)9-10-29(21)20-8-7-15(11-19(13)20)14(2)28-31/h3-8,11,13-14,16,21H,9-10,12H2,1-2H3,(H,27,30)/t13-,14?,16-,21-/m1/s1. The third kappa shape index (κ3) is 3.91. The van der Waals surface area contributed by atoms with Gasteiger partial charge in [-0.15, -0.1) is 0 Å². The Morgan fingerprint density at radius 2 is 1.87 bits per heavy atom. The van der Waals surface area contributed by atoms with E-state index in [1.54, 1.807) is 6.92 Å². The van der Waals surface area contributed by atoms with Crippen LogP contribution in [0.15, 0.2) is 47.6 Å². The highest BCUT2D eigenvalue weighted by Gasteiger charge is 2.42. The number of anilines is 1. The molecule has 1 amide bonds. The summed E-state index contributed by atoms with van der Waals surface area (Å²) in [5.41, 5.74) is 5.07. The van der Waals surface area contributed by atoms with Crippen molar-refractivity contribution in [3.8, 4) is 0 Å². The van der Waals surface area contributed by atoms with E-state index >= 15 is 0 Å². The van der Waals surface area contributed by atoms with Crippen molar-refractivity contribution in [3.63, 3.8) is 0 Å². The first-order chi connectivity index (χ1) is 14.7. The predicted molar refractivity (Wildman–Crippen MR) is 112 cm³/mol. The number of nitroso groups, excluding NO2 is 1. The molecule has 1 saturated heterocycles. The highest BCUT2D eigenvalue weighted by Crippen LogP contribution is 2.47. The fourth-order valence-electron chi connectivity index (χ4n) is 4.83. The van der Waals surface area contributed by atoms with Crippen LogP contribution in [-0.4, -0.2) is 24.7 Å². The molecule has 2 aromatic carbocycles. The average Bonchev–Trinajstić information content (AvgIpc) is 2.86. The molecule has 2 aromatic rings. The van der Waals surface area contributed by atoms with E-state index in [2.05, 4.69) is 22.3 Å². The van der Waals surface area contributed by atoms with Crippen LogP contribution in [0.1, 0.15) is 66.9 Å². The van der Waals surface area contributed by atoms with Gasteiger partial charge in [-0.25, -0.2) is 0 Å². The normalized spacial score (nSPS) is 23.6. The zero-order valence-corrected chi connectivity index (χ0v) is 17.3. The molecule has 4 rings (SSSR count). The van der Waals surface area contributed by atoms with Gasteiger partial charge in [-0.05, 0) is 48.1 Å². The number of nitrogens with zero attached hydrogens (tertiary/aromatic N) is 2. The Hall–Kier alpha value is -2.90. The number of hydrogen-bond acceptors (Lipinski definition) is 4. The van der Waals surface area contributed by atoms with Crippen molar-refractivity contribution in [3.05, 3.63) is 69.6 Å². The number of fused-ring (bicyclic) bond motifs is 5. The summed E-state index contributed by atoms with van der Waals surface area (Å²) in [6.07, 6.45) is -4.08. The minimum Gasteiger partial charge on any atom is -0.364 e. The molecule has 8 heteroatoms. The lowest BCUT2D eigenvalue weighted by atomic mass is 9.85. The maximum absolute atomic E-state index is 12.8. The molecular weight excluding hydrogens is 407 g/mol. The summed E-state index contributed by atoms with van der Waals surface area (Å²) >= 11 is 0. The molecule has 2 aliphatic heterocycles. The lowest BCUT2D eigenvalue weighted by Crippen LogP contribution is -2.49. The largest absolute Gasteiger partial charge is 0.471 e. The van der Waals surface area contributed by atoms with Crippen LogP contribution in [0.5, 0.6) is 0 Å². The Morgan fingerprint density at radius 3 is 2.55 bits per heavy atom. The number of nitrogens with one attached hydrogen (secondary N) is 1. The zero-order chi connectivity index (χ0) is 22.3. The van der Waals surface area contributed by atoms with Gasteiger partial charge in [0.2, 0.25) is 0 Å². The summed E-state index contributed by atoms with van der Waals surface area (Å²) in [6, 6.07) is 12.7. The van der Waals surface area contributed by atoms with Crippen LogP contribution in [0.3, 0.4) is 0 Å². The average molecular weight is 431 g/mol. The third-order valence-electron chi connectivity index (χ3n) is 6.48. The summed E-state index contributed by atoms with van der Waals surface area (Å²) in [7, 11) is 0. The van der Waals surface area contributed by atoms with Gasteiger partial charge in [0.25, 0.3) is 0 Å². The third-order valence-corrected chi connectivity index (χ3v) is 6.48. The number of halogens is 3. The van der Waals surface area contributed by atoms with Crippen molar-refractivity contribution >= 4 is 11.6 Å². The molecule has 4 atom stereocenters. The molecule has 31 heavy (non-hydrogen) atoms. The van der Waals surface area contributed by atoms with Gasteiger partial charge in [-0.2, -0.15) is 18.1 Å². The number of hydrogen-bond donors (Lipinski definition) is 1. The van der Waals surface area contributed by atoms with Gasteiger partial charge in [0.05, 0.1) is 6.04 Å². The quantitative estimate of drug-likeness (QED) is 0.665. The first-order valence-electron chi connectivity index (χ1n) is 10.4. The second-order valence-electron chi connectivity index (χ2n) is 8.35. The van der Waals surface area contributed by atoms with Crippen molar-refractivity contribution in [2.75, 3.05) is 11.4 Å². The molecule has 0 spiro atoms. The van der Waals surface area contributed by atoms with Crippen LogP contribution in [0.25, 0.3) is 0 Å². The maximum Gasteiger partial charge on any atom is 0.471 e. The number of carbonyl (C=O) groups is 1. The van der Waals surface area contributed by atoms with Crippen molar-refractivity contribution in [1.82, 2.24) is 5.32 Å². The van der Waals surface area contributed by atoms with Gasteiger partial charge in [-0.3, -0.25) is 4.79 Å². The van der Waals surface area contributed by atoms with Crippen molar-refractivity contribution in [1.29, 1.82) is 0 Å². The summed E-state index contributed by atoms with van der Waals surface area (Å²) in [5, 5.41) is 5.32. The Morgan fingerprint density at radius 1 is 1.16 bits per heavy atom. The van der Waals surface area contributed by atoms with E-state index in [4.69, 9.17) is 0 Å². The molecule has 0 bridgehead atoms. The number of rotatable bonds is 3. The van der Waals surface area contributed by atoms with Crippen molar-refractivity contribution in [2.45, 2.75) is 56.9 Å². The first kappa shape index (κ1) is 21.3. The monoisotopic (exact) mass is 431 g/mol. The molecule has 164 valence electrons. The fraction of sp³-hybridized carbons (Fsp3) is 0.435. The van der Waals surface area contributed by atoms with E-state index in [1.807, 2.05) is 42.5 Å². The minimum absolute atomic E-state index is 0.0406. The van der Waals surface area contributed by atoms with Gasteiger partial charge in [0, 0.05) is 24.2 Å². The van der Waals surface area contributed by atoms with Crippen LogP contribution in [0.4, 0.5) is 18.9 Å². The van der Waals surface area contributed by atoms with Gasteiger partial charge in [-0.1, -0.05) is 48.5 Å². The molecule has 0 radical (unpaired) electrons. The van der Waals surface area contributed by atoms with Crippen LogP contribution in [0.2, 0.25) is 0 Å². The molecule has 1 unspecified atom stereocenters. The van der Waals surface area contributed by atoms with Gasteiger partial charge in [0.1, 0.15) is 6.04 Å². The number of alkyl halides is 3. The second-order valence-corrected chi connectivity index (χ2v) is 8.35. The van der Waals surface area contributed by atoms with Gasteiger partial charge < -0.3 is 10.2 Å². The summed E-state index contributed by atoms with van der Waals surface area (Å²) in [5.74, 6) is -1.85. The lowest BCUT2D eigenvalue weighted by molar-refractivity contribution is -0.174. The summed E-state index contributed by atoms with van der Waals surface area (Å²) in [6.45, 7) is 4.37. The van der Waals surface area contributed by atoms with Crippen LogP contribution < -0.4 is 10.2 Å². The molecule has 5 nitrogen and oxygen atoms in total. The van der Waals surface area contributed by atoms with Crippen molar-refractivity contribution < 1.29 is 18.0 Å². The number of amides is 1. The van der Waals surface area contributed by atoms with Crippen LogP contribution in [-0.2, 0) is 4.79 Å². The Labute approximate surface area is 178 Å². The smallest absolute Gasteiger partial charge is 0.364 e. The SMILES string of the molecule is CC(N=O)c1ccc2c(c1)[C@H](C)c1ccccc1[C@H]1C[C@H](NC(=O)C(F)(F)F)CCN21. The number of carbonyl (C=O) groups excluding carboxylic acids is 1. The summed E-state index contributed by atoms with van der Waals surface area (Å²) in [4.78, 5) is 24.8. The molecule has 1 N–H and O–H groups in total. The Balaban J connectivity index is 1.75. The molecule has 2 heterocycles. The number of benzene rings is 2. The Bertz CT molecular complexity index is 1010. The van der Waals surface area contributed by atoms with E-state index in [-0.39, 0.29) is 12.0 Å².